The van der Waals surface area contributed by atoms with Crippen molar-refractivity contribution in [1.29, 1.82) is 0 Å². The van der Waals surface area contributed by atoms with Crippen LogP contribution in [0.3, 0.4) is 0 Å². The Kier molecular flexibility index (Phi) is 6.56. The third-order valence-corrected chi connectivity index (χ3v) is 5.51. The topological polar surface area (TPSA) is 34.1 Å². The molecule has 2 fully saturated rings. The Labute approximate surface area is 152 Å². The first-order valence-corrected chi connectivity index (χ1v) is 9.78. The van der Waals surface area contributed by atoms with E-state index in [0.29, 0.717) is 0 Å². The van der Waals surface area contributed by atoms with E-state index in [4.69, 9.17) is 0 Å². The number of likely N-dealkylation sites (tertiary alicyclic amines) is 1. The van der Waals surface area contributed by atoms with E-state index in [1.54, 1.807) is 0 Å². The Morgan fingerprint density at radius 1 is 1.12 bits per heavy atom. The molecule has 2 aliphatic rings. The molecule has 2 aliphatic heterocycles. The van der Waals surface area contributed by atoms with Crippen molar-refractivity contribution < 1.29 is 0 Å². The highest BCUT2D eigenvalue weighted by molar-refractivity contribution is 5.80. The Morgan fingerprint density at radius 3 is 2.56 bits per heavy atom. The van der Waals surface area contributed by atoms with Gasteiger partial charge in [-0.3, -0.25) is 4.99 Å². The average Bonchev–Trinajstić information content (AvgIpc) is 2.70. The van der Waals surface area contributed by atoms with E-state index in [0.717, 1.165) is 44.6 Å². The minimum Gasteiger partial charge on any atom is -0.368 e. The molecule has 1 atom stereocenters. The summed E-state index contributed by atoms with van der Waals surface area (Å²) in [5.74, 6) is 1.82. The van der Waals surface area contributed by atoms with Gasteiger partial charge < -0.3 is 20.0 Å². The lowest BCUT2D eigenvalue weighted by atomic mass is 9.98. The molecular formula is C20H33N5. The van der Waals surface area contributed by atoms with Gasteiger partial charge in [-0.1, -0.05) is 25.1 Å². The van der Waals surface area contributed by atoms with E-state index in [1.807, 2.05) is 7.05 Å². The standard InChI is InChI=1S/C20H33N5/c1-3-23-11-7-8-18(17-23)16-22-20(21-2)25-14-12-24(13-15-25)19-9-5-4-6-10-19/h4-6,9-10,18H,3,7-8,11-17H2,1-2H3,(H,21,22). The van der Waals surface area contributed by atoms with E-state index in [1.165, 1.54) is 38.2 Å². The van der Waals surface area contributed by atoms with Gasteiger partial charge in [0, 0.05) is 52.0 Å². The maximum atomic E-state index is 4.53. The SMILES string of the molecule is CCN1CCCC(CNC(=NC)N2CCN(c3ccccc3)CC2)C1. The zero-order valence-corrected chi connectivity index (χ0v) is 15.8. The van der Waals surface area contributed by atoms with Crippen LogP contribution in [0.15, 0.2) is 35.3 Å². The molecule has 0 bridgehead atoms. The number of piperidine rings is 1. The first-order chi connectivity index (χ1) is 12.3. The Balaban J connectivity index is 1.46. The Hall–Kier alpha value is -1.75. The Morgan fingerprint density at radius 2 is 1.88 bits per heavy atom. The molecule has 138 valence electrons. The van der Waals surface area contributed by atoms with E-state index in [2.05, 4.69) is 62.3 Å². The molecule has 1 aromatic carbocycles. The summed E-state index contributed by atoms with van der Waals surface area (Å²) in [6.45, 7) is 11.1. The quantitative estimate of drug-likeness (QED) is 0.671. The van der Waals surface area contributed by atoms with Crippen LogP contribution in [-0.2, 0) is 0 Å². The predicted octanol–water partition coefficient (Wildman–Crippen LogP) is 2.12. The van der Waals surface area contributed by atoms with E-state index in [9.17, 15) is 0 Å². The van der Waals surface area contributed by atoms with Crippen molar-refractivity contribution in [2.24, 2.45) is 10.9 Å². The second-order valence-electron chi connectivity index (χ2n) is 7.14. The number of para-hydroxylation sites is 1. The van der Waals surface area contributed by atoms with Gasteiger partial charge in [0.15, 0.2) is 5.96 Å². The van der Waals surface area contributed by atoms with E-state index >= 15 is 0 Å². The lowest BCUT2D eigenvalue weighted by Crippen LogP contribution is -2.53. The Bertz CT molecular complexity index is 536. The fraction of sp³-hybridized carbons (Fsp3) is 0.650. The first-order valence-electron chi connectivity index (χ1n) is 9.78. The summed E-state index contributed by atoms with van der Waals surface area (Å²) >= 11 is 0. The van der Waals surface area contributed by atoms with Gasteiger partial charge in [-0.25, -0.2) is 0 Å². The first kappa shape index (κ1) is 18.1. The molecule has 3 rings (SSSR count). The molecule has 0 saturated carbocycles. The molecule has 1 N–H and O–H groups in total. The molecule has 0 spiro atoms. The van der Waals surface area contributed by atoms with Crippen LogP contribution in [0, 0.1) is 5.92 Å². The predicted molar refractivity (Wildman–Crippen MR) is 106 cm³/mol. The fourth-order valence-electron chi connectivity index (χ4n) is 3.99. The summed E-state index contributed by atoms with van der Waals surface area (Å²) in [7, 11) is 1.91. The summed E-state index contributed by atoms with van der Waals surface area (Å²) in [5.41, 5.74) is 1.33. The summed E-state index contributed by atoms with van der Waals surface area (Å²) in [6.07, 6.45) is 2.66. The highest BCUT2D eigenvalue weighted by atomic mass is 15.3. The van der Waals surface area contributed by atoms with Crippen molar-refractivity contribution in [2.75, 3.05) is 64.3 Å². The lowest BCUT2D eigenvalue weighted by molar-refractivity contribution is 0.182. The molecule has 0 amide bonds. The van der Waals surface area contributed by atoms with E-state index < -0.39 is 0 Å². The molecule has 0 radical (unpaired) electrons. The number of piperazine rings is 1. The number of anilines is 1. The van der Waals surface area contributed by atoms with Crippen molar-refractivity contribution >= 4 is 11.6 Å². The smallest absolute Gasteiger partial charge is 0.193 e. The van der Waals surface area contributed by atoms with Crippen molar-refractivity contribution in [3.05, 3.63) is 30.3 Å². The molecular weight excluding hydrogens is 310 g/mol. The number of hydrogen-bond acceptors (Lipinski definition) is 3. The number of aliphatic imine (C=N–C) groups is 1. The summed E-state index contributed by atoms with van der Waals surface area (Å²) in [4.78, 5) is 12.0. The average molecular weight is 344 g/mol. The van der Waals surface area contributed by atoms with Crippen LogP contribution in [0.1, 0.15) is 19.8 Å². The van der Waals surface area contributed by atoms with Crippen LogP contribution >= 0.6 is 0 Å². The molecule has 1 unspecified atom stereocenters. The zero-order valence-electron chi connectivity index (χ0n) is 15.8. The molecule has 25 heavy (non-hydrogen) atoms. The molecule has 2 heterocycles. The van der Waals surface area contributed by atoms with Gasteiger partial charge in [0.05, 0.1) is 0 Å². The van der Waals surface area contributed by atoms with Gasteiger partial charge in [0.2, 0.25) is 0 Å². The zero-order chi connectivity index (χ0) is 17.5. The molecule has 1 aromatic rings. The minimum atomic E-state index is 0.746. The van der Waals surface area contributed by atoms with Gasteiger partial charge in [-0.15, -0.1) is 0 Å². The highest BCUT2D eigenvalue weighted by Gasteiger charge is 2.22. The number of nitrogens with zero attached hydrogens (tertiary/aromatic N) is 4. The van der Waals surface area contributed by atoms with Crippen LogP contribution in [0.2, 0.25) is 0 Å². The second kappa shape index (κ2) is 9.09. The second-order valence-corrected chi connectivity index (χ2v) is 7.14. The third-order valence-electron chi connectivity index (χ3n) is 5.51. The van der Waals surface area contributed by atoms with E-state index in [-0.39, 0.29) is 0 Å². The van der Waals surface area contributed by atoms with Crippen LogP contribution < -0.4 is 10.2 Å². The molecule has 0 aliphatic carbocycles. The minimum absolute atomic E-state index is 0.746. The van der Waals surface area contributed by atoms with Gasteiger partial charge in [-0.05, 0) is 44.0 Å². The van der Waals surface area contributed by atoms with Crippen LogP contribution in [0.25, 0.3) is 0 Å². The largest absolute Gasteiger partial charge is 0.368 e. The summed E-state index contributed by atoms with van der Waals surface area (Å²) < 4.78 is 0. The number of rotatable bonds is 4. The molecule has 2 saturated heterocycles. The van der Waals surface area contributed by atoms with Gasteiger partial charge in [0.25, 0.3) is 0 Å². The fourth-order valence-corrected chi connectivity index (χ4v) is 3.99. The molecule has 5 nitrogen and oxygen atoms in total. The van der Waals surface area contributed by atoms with Crippen molar-refractivity contribution in [3.8, 4) is 0 Å². The molecule has 5 heteroatoms. The van der Waals surface area contributed by atoms with Gasteiger partial charge in [0.1, 0.15) is 0 Å². The maximum Gasteiger partial charge on any atom is 0.193 e. The number of hydrogen-bond donors (Lipinski definition) is 1. The molecule has 0 aromatic heterocycles. The van der Waals surface area contributed by atoms with Crippen LogP contribution in [-0.4, -0.2) is 75.2 Å². The normalized spacial score (nSPS) is 23.0. The highest BCUT2D eigenvalue weighted by Crippen LogP contribution is 2.17. The number of benzene rings is 1. The lowest BCUT2D eigenvalue weighted by Gasteiger charge is -2.38. The summed E-state index contributed by atoms with van der Waals surface area (Å²) in [6, 6.07) is 10.7. The van der Waals surface area contributed by atoms with Gasteiger partial charge >= 0.3 is 0 Å². The van der Waals surface area contributed by atoms with Crippen molar-refractivity contribution in [2.45, 2.75) is 19.8 Å². The number of guanidine groups is 1. The summed E-state index contributed by atoms with van der Waals surface area (Å²) in [5, 5.41) is 3.64. The van der Waals surface area contributed by atoms with Crippen LogP contribution in [0.4, 0.5) is 5.69 Å². The number of nitrogens with one attached hydrogen (secondary N) is 1. The monoisotopic (exact) mass is 343 g/mol. The third kappa shape index (κ3) is 4.88. The van der Waals surface area contributed by atoms with Gasteiger partial charge in [-0.2, -0.15) is 0 Å². The maximum absolute atomic E-state index is 4.53. The van der Waals surface area contributed by atoms with Crippen molar-refractivity contribution in [3.63, 3.8) is 0 Å². The van der Waals surface area contributed by atoms with Crippen molar-refractivity contribution in [1.82, 2.24) is 15.1 Å². The van der Waals surface area contributed by atoms with Crippen LogP contribution in [0.5, 0.6) is 0 Å².